The highest BCUT2D eigenvalue weighted by Crippen LogP contribution is 2.21. The highest BCUT2D eigenvalue weighted by atomic mass is 35.5. The van der Waals surface area contributed by atoms with Gasteiger partial charge >= 0.3 is 12.1 Å². The van der Waals surface area contributed by atoms with Crippen molar-refractivity contribution in [3.05, 3.63) is 28.8 Å². The third kappa shape index (κ3) is 6.92. The van der Waals surface area contributed by atoms with E-state index < -0.39 is 5.97 Å². The molecule has 1 saturated heterocycles. The van der Waals surface area contributed by atoms with E-state index in [4.69, 9.17) is 25.8 Å². The summed E-state index contributed by atoms with van der Waals surface area (Å²) in [5.74, 6) is -0.494. The topological polar surface area (TPSA) is 94.2 Å². The number of aryl methyl sites for hydroxylation is 1. The molecule has 1 aliphatic heterocycles. The first-order valence-electron chi connectivity index (χ1n) is 9.14. The molecule has 1 heterocycles. The first-order valence-corrected chi connectivity index (χ1v) is 9.52. The molecule has 1 fully saturated rings. The second-order valence-electron chi connectivity index (χ2n) is 6.39. The number of carbonyl (C=O) groups excluding carboxylic acids is 3. The van der Waals surface area contributed by atoms with Gasteiger partial charge in [-0.25, -0.2) is 9.59 Å². The minimum Gasteiger partial charge on any atom is -0.482 e. The van der Waals surface area contributed by atoms with E-state index in [1.54, 1.807) is 30.0 Å². The Bertz CT molecular complexity index is 704. The van der Waals surface area contributed by atoms with Crippen LogP contribution in [0.5, 0.6) is 5.75 Å². The second-order valence-corrected chi connectivity index (χ2v) is 6.82. The molecular formula is C19H25ClN2O6. The number of hydrogen-bond donors (Lipinski definition) is 1. The van der Waals surface area contributed by atoms with Crippen molar-refractivity contribution in [3.8, 4) is 5.75 Å². The summed E-state index contributed by atoms with van der Waals surface area (Å²) < 4.78 is 15.3. The Balaban J connectivity index is 1.64. The summed E-state index contributed by atoms with van der Waals surface area (Å²) in [5.41, 5.74) is 0.798. The van der Waals surface area contributed by atoms with E-state index in [9.17, 15) is 14.4 Å². The van der Waals surface area contributed by atoms with Gasteiger partial charge in [-0.2, -0.15) is 0 Å². The molecule has 9 heteroatoms. The van der Waals surface area contributed by atoms with Crippen molar-refractivity contribution < 1.29 is 28.6 Å². The maximum absolute atomic E-state index is 12.0. The zero-order valence-electron chi connectivity index (χ0n) is 16.0. The number of carbonyl (C=O) groups is 3. The average molecular weight is 413 g/mol. The maximum Gasteiger partial charge on any atom is 0.409 e. The molecule has 0 unspecified atom stereocenters. The van der Waals surface area contributed by atoms with Gasteiger partial charge in [0.05, 0.1) is 6.61 Å². The van der Waals surface area contributed by atoms with Crippen molar-refractivity contribution in [1.29, 1.82) is 0 Å². The molecular weight excluding hydrogens is 388 g/mol. The molecule has 1 aromatic rings. The van der Waals surface area contributed by atoms with Crippen molar-refractivity contribution in [1.82, 2.24) is 10.2 Å². The van der Waals surface area contributed by atoms with E-state index in [0.717, 1.165) is 5.56 Å². The van der Waals surface area contributed by atoms with Gasteiger partial charge in [-0.3, -0.25) is 4.79 Å². The molecule has 28 heavy (non-hydrogen) atoms. The van der Waals surface area contributed by atoms with Gasteiger partial charge in [-0.05, 0) is 50.5 Å². The molecule has 1 aliphatic rings. The quantitative estimate of drug-likeness (QED) is 0.690. The second kappa shape index (κ2) is 10.8. The number of rotatable bonds is 7. The Kier molecular flexibility index (Phi) is 8.38. The third-order valence-electron chi connectivity index (χ3n) is 4.23. The Morgan fingerprint density at radius 2 is 1.89 bits per heavy atom. The molecule has 8 nitrogen and oxygen atoms in total. The Labute approximate surface area is 169 Å². The highest BCUT2D eigenvalue weighted by Gasteiger charge is 2.24. The average Bonchev–Trinajstić information content (AvgIpc) is 2.66. The number of likely N-dealkylation sites (tertiary alicyclic amines) is 1. The summed E-state index contributed by atoms with van der Waals surface area (Å²) in [6.07, 6.45) is 0.909. The van der Waals surface area contributed by atoms with Gasteiger partial charge in [0.25, 0.3) is 5.91 Å². The predicted molar refractivity (Wildman–Crippen MR) is 102 cm³/mol. The SMILES string of the molecule is CCOC(=O)N1CCC(NC(=O)COC(=O)COc2ccc(Cl)cc2C)CC1. The van der Waals surface area contributed by atoms with E-state index >= 15 is 0 Å². The van der Waals surface area contributed by atoms with E-state index in [1.165, 1.54) is 0 Å². The van der Waals surface area contributed by atoms with Gasteiger partial charge < -0.3 is 24.4 Å². The molecule has 154 valence electrons. The summed E-state index contributed by atoms with van der Waals surface area (Å²) in [6, 6.07) is 4.99. The van der Waals surface area contributed by atoms with E-state index in [-0.39, 0.29) is 31.3 Å². The van der Waals surface area contributed by atoms with Crippen LogP contribution < -0.4 is 10.1 Å². The number of esters is 1. The number of nitrogens with zero attached hydrogens (tertiary/aromatic N) is 1. The molecule has 0 atom stereocenters. The maximum atomic E-state index is 12.0. The molecule has 2 rings (SSSR count). The van der Waals surface area contributed by atoms with Crippen LogP contribution in [0.4, 0.5) is 4.79 Å². The van der Waals surface area contributed by atoms with E-state index in [1.807, 2.05) is 6.92 Å². The monoisotopic (exact) mass is 412 g/mol. The Hall–Kier alpha value is -2.48. The Morgan fingerprint density at radius 3 is 2.54 bits per heavy atom. The fraction of sp³-hybridized carbons (Fsp3) is 0.526. The minimum absolute atomic E-state index is 0.0650. The summed E-state index contributed by atoms with van der Waals surface area (Å²) in [4.78, 5) is 37.0. The summed E-state index contributed by atoms with van der Waals surface area (Å²) in [5, 5.41) is 3.39. The molecule has 0 spiro atoms. The smallest absolute Gasteiger partial charge is 0.409 e. The number of benzene rings is 1. The lowest BCUT2D eigenvalue weighted by Gasteiger charge is -2.31. The fourth-order valence-corrected chi connectivity index (χ4v) is 3.02. The third-order valence-corrected chi connectivity index (χ3v) is 4.47. The van der Waals surface area contributed by atoms with Gasteiger partial charge in [0.1, 0.15) is 5.75 Å². The van der Waals surface area contributed by atoms with Crippen LogP contribution in [0.1, 0.15) is 25.3 Å². The molecule has 1 aromatic carbocycles. The van der Waals surface area contributed by atoms with Gasteiger partial charge in [0, 0.05) is 24.2 Å². The molecule has 0 bridgehead atoms. The van der Waals surface area contributed by atoms with Crippen LogP contribution >= 0.6 is 11.6 Å². The van der Waals surface area contributed by atoms with Crippen LogP contribution in [0, 0.1) is 6.92 Å². The number of hydrogen-bond acceptors (Lipinski definition) is 6. The van der Waals surface area contributed by atoms with Crippen molar-refractivity contribution in [2.24, 2.45) is 0 Å². The number of ether oxygens (including phenoxy) is 3. The number of amides is 2. The van der Waals surface area contributed by atoms with Crippen LogP contribution in [0.2, 0.25) is 5.02 Å². The van der Waals surface area contributed by atoms with Crippen molar-refractivity contribution in [2.45, 2.75) is 32.7 Å². The van der Waals surface area contributed by atoms with Gasteiger partial charge in [-0.15, -0.1) is 0 Å². The summed E-state index contributed by atoms with van der Waals surface area (Å²) >= 11 is 5.86. The highest BCUT2D eigenvalue weighted by molar-refractivity contribution is 6.30. The minimum atomic E-state index is -0.637. The number of piperidine rings is 1. The first-order chi connectivity index (χ1) is 13.4. The van der Waals surface area contributed by atoms with Gasteiger partial charge in [0.15, 0.2) is 13.2 Å². The van der Waals surface area contributed by atoms with E-state index in [2.05, 4.69) is 5.32 Å². The number of halogens is 1. The summed E-state index contributed by atoms with van der Waals surface area (Å²) in [7, 11) is 0. The lowest BCUT2D eigenvalue weighted by molar-refractivity contribution is -0.150. The number of nitrogens with one attached hydrogen (secondary N) is 1. The molecule has 0 saturated carbocycles. The van der Waals surface area contributed by atoms with Crippen molar-refractivity contribution >= 4 is 29.6 Å². The van der Waals surface area contributed by atoms with Crippen LogP contribution in [0.15, 0.2) is 18.2 Å². The molecule has 0 aliphatic carbocycles. The standard InChI is InChI=1S/C19H25ClN2O6/c1-3-26-19(25)22-8-6-15(7-9-22)21-17(23)11-28-18(24)12-27-16-5-4-14(20)10-13(16)2/h4-5,10,15H,3,6-9,11-12H2,1-2H3,(H,21,23). The largest absolute Gasteiger partial charge is 0.482 e. The predicted octanol–water partition coefficient (Wildman–Crippen LogP) is 2.31. The van der Waals surface area contributed by atoms with Crippen LogP contribution in [-0.2, 0) is 19.1 Å². The van der Waals surface area contributed by atoms with Crippen molar-refractivity contribution in [2.75, 3.05) is 32.9 Å². The lowest BCUT2D eigenvalue weighted by Crippen LogP contribution is -2.47. The van der Waals surface area contributed by atoms with Crippen molar-refractivity contribution in [3.63, 3.8) is 0 Å². The van der Waals surface area contributed by atoms with Crippen LogP contribution in [0.3, 0.4) is 0 Å². The normalized spacial score (nSPS) is 14.3. The summed E-state index contributed by atoms with van der Waals surface area (Å²) in [6.45, 7) is 4.26. The molecule has 2 amide bonds. The van der Waals surface area contributed by atoms with Crippen LogP contribution in [0.25, 0.3) is 0 Å². The molecule has 0 aromatic heterocycles. The molecule has 1 N–H and O–H groups in total. The fourth-order valence-electron chi connectivity index (χ4n) is 2.79. The van der Waals surface area contributed by atoms with Gasteiger partial charge in [0.2, 0.25) is 0 Å². The van der Waals surface area contributed by atoms with Crippen LogP contribution in [-0.4, -0.2) is 61.8 Å². The Morgan fingerprint density at radius 1 is 1.18 bits per heavy atom. The first kappa shape index (κ1) is 21.8. The lowest BCUT2D eigenvalue weighted by atomic mass is 10.1. The zero-order valence-corrected chi connectivity index (χ0v) is 16.8. The van der Waals surface area contributed by atoms with Gasteiger partial charge in [-0.1, -0.05) is 11.6 Å². The van der Waals surface area contributed by atoms with E-state index in [0.29, 0.717) is 43.3 Å². The zero-order chi connectivity index (χ0) is 20.5. The molecule has 0 radical (unpaired) electrons.